The van der Waals surface area contributed by atoms with Crippen LogP contribution in [0, 0.1) is 11.7 Å². The number of aromatic nitrogens is 4. The van der Waals surface area contributed by atoms with Crippen LogP contribution in [-0.2, 0) is 19.7 Å². The van der Waals surface area contributed by atoms with Gasteiger partial charge >= 0.3 is 5.97 Å². The quantitative estimate of drug-likeness (QED) is 0.211. The Labute approximate surface area is 249 Å². The lowest BCUT2D eigenvalue weighted by atomic mass is 9.85. The molecule has 0 amide bonds. The molecule has 2 aromatic carbocycles. The Morgan fingerprint density at radius 3 is 2.65 bits per heavy atom. The number of rotatable bonds is 9. The van der Waals surface area contributed by atoms with Crippen LogP contribution in [0.4, 0.5) is 4.39 Å². The van der Waals surface area contributed by atoms with E-state index in [2.05, 4.69) is 20.5 Å². The molecular weight excluding hydrogens is 545 g/mol. The van der Waals surface area contributed by atoms with Gasteiger partial charge in [-0.2, -0.15) is 0 Å². The molecule has 7 rings (SSSR count). The molecule has 0 unspecified atom stereocenters. The predicted octanol–water partition coefficient (Wildman–Crippen LogP) is 6.58. The largest absolute Gasteiger partial charge is 0.478 e. The molecule has 1 aliphatic carbocycles. The minimum Gasteiger partial charge on any atom is -0.478 e. The average Bonchev–Trinajstić information content (AvgIpc) is 3.33. The zero-order valence-corrected chi connectivity index (χ0v) is 24.0. The number of hydrogen-bond acceptors (Lipinski definition) is 6. The molecule has 0 radical (unpaired) electrons. The Hall–Kier alpha value is -4.37. The Morgan fingerprint density at radius 1 is 1.00 bits per heavy atom. The van der Waals surface area contributed by atoms with E-state index in [9.17, 15) is 14.3 Å². The summed E-state index contributed by atoms with van der Waals surface area (Å²) in [6.07, 6.45) is 7.35. The van der Waals surface area contributed by atoms with Crippen LogP contribution in [0.25, 0.3) is 21.8 Å². The molecule has 2 aliphatic rings. The van der Waals surface area contributed by atoms with E-state index >= 15 is 0 Å². The van der Waals surface area contributed by atoms with Crippen molar-refractivity contribution in [2.45, 2.75) is 57.7 Å². The number of aromatic carboxylic acids is 1. The number of hydrogen-bond donors (Lipinski definition) is 1. The number of ether oxygens (including phenoxy) is 1. The van der Waals surface area contributed by atoms with Gasteiger partial charge < -0.3 is 14.4 Å². The molecule has 0 bridgehead atoms. The van der Waals surface area contributed by atoms with Gasteiger partial charge in [0.15, 0.2) is 0 Å². The number of imidazole rings is 1. The van der Waals surface area contributed by atoms with Gasteiger partial charge in [0.2, 0.25) is 5.88 Å². The van der Waals surface area contributed by atoms with Crippen molar-refractivity contribution in [3.8, 4) is 5.88 Å². The standard InChI is InChI=1S/C34H34FN5O3/c35-26-8-9-27-24(17-26)11-14-36-30(27)21-43-33-6-2-5-28(38-33)23-12-15-39(16-13-23)20-32-37-29-10-7-25(34(41)42)18-31(29)40(32)19-22-3-1-4-22/h2,5-11,14,17-18,22-23H,1,3-4,12-13,15-16,19-21H2,(H,41,42). The topological polar surface area (TPSA) is 93.4 Å². The molecule has 1 saturated heterocycles. The van der Waals surface area contributed by atoms with Crippen molar-refractivity contribution in [1.82, 2.24) is 24.4 Å². The fraction of sp³-hybridized carbons (Fsp3) is 0.353. The van der Waals surface area contributed by atoms with Gasteiger partial charge in [0.25, 0.3) is 0 Å². The maximum absolute atomic E-state index is 13.6. The van der Waals surface area contributed by atoms with Crippen molar-refractivity contribution >= 4 is 27.8 Å². The first-order valence-corrected chi connectivity index (χ1v) is 15.1. The second-order valence-electron chi connectivity index (χ2n) is 11.8. The molecule has 0 atom stereocenters. The number of halogens is 1. The summed E-state index contributed by atoms with van der Waals surface area (Å²) in [5.74, 6) is 1.37. The lowest BCUT2D eigenvalue weighted by Gasteiger charge is -2.32. The van der Waals surface area contributed by atoms with E-state index in [4.69, 9.17) is 14.7 Å². The van der Waals surface area contributed by atoms with Crippen molar-refractivity contribution in [3.05, 3.63) is 95.5 Å². The lowest BCUT2D eigenvalue weighted by molar-refractivity contribution is 0.0697. The summed E-state index contributed by atoms with van der Waals surface area (Å²) in [4.78, 5) is 28.3. The SMILES string of the molecule is O=C(O)c1ccc2nc(CN3CCC(c4cccc(OCc5nccc6cc(F)ccc56)n4)CC3)n(CC3CCC3)c2c1. The van der Waals surface area contributed by atoms with Crippen molar-refractivity contribution < 1.29 is 19.0 Å². The molecule has 3 aromatic heterocycles. The Bertz CT molecular complexity index is 1790. The normalized spacial score (nSPS) is 16.5. The summed E-state index contributed by atoms with van der Waals surface area (Å²) in [5, 5.41) is 11.2. The highest BCUT2D eigenvalue weighted by molar-refractivity contribution is 5.92. The van der Waals surface area contributed by atoms with Crippen LogP contribution in [0.2, 0.25) is 0 Å². The molecule has 8 nitrogen and oxygen atoms in total. The minimum atomic E-state index is -0.910. The summed E-state index contributed by atoms with van der Waals surface area (Å²) in [7, 11) is 0. The number of carboxylic acid groups (broad SMARTS) is 1. The summed E-state index contributed by atoms with van der Waals surface area (Å²) >= 11 is 0. The highest BCUT2D eigenvalue weighted by Crippen LogP contribution is 2.32. The van der Waals surface area contributed by atoms with Gasteiger partial charge in [-0.05, 0) is 98.6 Å². The van der Waals surface area contributed by atoms with E-state index < -0.39 is 5.97 Å². The molecule has 1 N–H and O–H groups in total. The van der Waals surface area contributed by atoms with Crippen LogP contribution in [0.5, 0.6) is 5.88 Å². The number of fused-ring (bicyclic) bond motifs is 2. The molecule has 0 spiro atoms. The summed E-state index contributed by atoms with van der Waals surface area (Å²) in [5.41, 5.74) is 3.87. The molecule has 1 aliphatic heterocycles. The Morgan fingerprint density at radius 2 is 1.86 bits per heavy atom. The van der Waals surface area contributed by atoms with E-state index in [0.29, 0.717) is 23.3 Å². The number of piperidine rings is 1. The first-order valence-electron chi connectivity index (χ1n) is 15.1. The fourth-order valence-corrected chi connectivity index (χ4v) is 6.36. The number of likely N-dealkylation sites (tertiary alicyclic amines) is 1. The maximum Gasteiger partial charge on any atom is 0.335 e. The molecule has 220 valence electrons. The van der Waals surface area contributed by atoms with Gasteiger partial charge in [-0.25, -0.2) is 19.2 Å². The highest BCUT2D eigenvalue weighted by atomic mass is 19.1. The van der Waals surface area contributed by atoms with Crippen LogP contribution in [-0.4, -0.2) is 48.6 Å². The molecule has 43 heavy (non-hydrogen) atoms. The van der Waals surface area contributed by atoms with Crippen molar-refractivity contribution in [1.29, 1.82) is 0 Å². The monoisotopic (exact) mass is 579 g/mol. The number of benzene rings is 2. The van der Waals surface area contributed by atoms with Crippen molar-refractivity contribution in [3.63, 3.8) is 0 Å². The second-order valence-corrected chi connectivity index (χ2v) is 11.8. The number of nitrogens with zero attached hydrogens (tertiary/aromatic N) is 5. The van der Waals surface area contributed by atoms with Crippen LogP contribution in [0.3, 0.4) is 0 Å². The van der Waals surface area contributed by atoms with Gasteiger partial charge in [0, 0.05) is 35.8 Å². The Balaban J connectivity index is 1.01. The predicted molar refractivity (Wildman–Crippen MR) is 162 cm³/mol. The van der Waals surface area contributed by atoms with E-state index in [1.807, 2.05) is 18.2 Å². The lowest BCUT2D eigenvalue weighted by Crippen LogP contribution is -2.34. The Kier molecular flexibility index (Phi) is 7.49. The van der Waals surface area contributed by atoms with Crippen molar-refractivity contribution in [2.75, 3.05) is 13.1 Å². The third-order valence-electron chi connectivity index (χ3n) is 9.02. The van der Waals surface area contributed by atoms with Crippen LogP contribution < -0.4 is 4.74 Å². The number of carboxylic acids is 1. The van der Waals surface area contributed by atoms with Gasteiger partial charge in [-0.15, -0.1) is 0 Å². The molecular formula is C34H34FN5O3. The minimum absolute atomic E-state index is 0.258. The zero-order valence-electron chi connectivity index (χ0n) is 24.0. The molecule has 2 fully saturated rings. The smallest absolute Gasteiger partial charge is 0.335 e. The molecule has 4 heterocycles. The van der Waals surface area contributed by atoms with Gasteiger partial charge in [-0.3, -0.25) is 9.88 Å². The van der Waals surface area contributed by atoms with E-state index in [-0.39, 0.29) is 12.4 Å². The van der Waals surface area contributed by atoms with E-state index in [0.717, 1.165) is 78.0 Å². The second kappa shape index (κ2) is 11.7. The summed E-state index contributed by atoms with van der Waals surface area (Å²) in [6, 6.07) is 17.7. The average molecular weight is 580 g/mol. The van der Waals surface area contributed by atoms with Crippen LogP contribution >= 0.6 is 0 Å². The number of carbonyl (C=O) groups is 1. The van der Waals surface area contributed by atoms with Crippen molar-refractivity contribution in [2.24, 2.45) is 5.92 Å². The summed E-state index contributed by atoms with van der Waals surface area (Å²) < 4.78 is 22.0. The first kappa shape index (κ1) is 27.5. The summed E-state index contributed by atoms with van der Waals surface area (Å²) in [6.45, 7) is 3.76. The van der Waals surface area contributed by atoms with Crippen LogP contribution in [0.1, 0.15) is 65.6 Å². The number of pyridine rings is 2. The molecule has 1 saturated carbocycles. The van der Waals surface area contributed by atoms with Gasteiger partial charge in [-0.1, -0.05) is 12.5 Å². The van der Waals surface area contributed by atoms with Gasteiger partial charge in [0.1, 0.15) is 18.2 Å². The van der Waals surface area contributed by atoms with Gasteiger partial charge in [0.05, 0.1) is 28.8 Å². The molecule has 9 heteroatoms. The fourth-order valence-electron chi connectivity index (χ4n) is 6.36. The van der Waals surface area contributed by atoms with E-state index in [1.165, 1.54) is 31.4 Å². The highest BCUT2D eigenvalue weighted by Gasteiger charge is 2.26. The molecule has 5 aromatic rings. The third-order valence-corrected chi connectivity index (χ3v) is 9.02. The first-order chi connectivity index (χ1) is 21.0. The maximum atomic E-state index is 13.6. The zero-order chi connectivity index (χ0) is 29.3. The third kappa shape index (κ3) is 5.82. The van der Waals surface area contributed by atoms with Crippen LogP contribution in [0.15, 0.2) is 66.9 Å². The van der Waals surface area contributed by atoms with E-state index in [1.54, 1.807) is 30.5 Å².